The summed E-state index contributed by atoms with van der Waals surface area (Å²) in [6.07, 6.45) is 0.509. The third-order valence-electron chi connectivity index (χ3n) is 2.54. The van der Waals surface area contributed by atoms with Crippen LogP contribution < -0.4 is 5.32 Å². The normalized spacial score (nSPS) is 22.8. The van der Waals surface area contributed by atoms with Crippen LogP contribution >= 0.6 is 0 Å². The van der Waals surface area contributed by atoms with Crippen molar-refractivity contribution >= 4 is 18.9 Å². The molecule has 1 heterocycles. The van der Waals surface area contributed by atoms with Crippen LogP contribution in [0.15, 0.2) is 0 Å². The first-order chi connectivity index (χ1) is 6.93. The molecular formula is C8H15BN2O4. The van der Waals surface area contributed by atoms with E-state index in [1.165, 1.54) is 11.8 Å². The number of nitrogens with zero attached hydrogens (tertiary/aromatic N) is 1. The van der Waals surface area contributed by atoms with Crippen LogP contribution in [0.1, 0.15) is 20.3 Å². The van der Waals surface area contributed by atoms with Crippen molar-refractivity contribution in [3.8, 4) is 0 Å². The lowest BCUT2D eigenvalue weighted by Crippen LogP contribution is -2.48. The van der Waals surface area contributed by atoms with Crippen LogP contribution in [0.2, 0.25) is 0 Å². The molecule has 7 heteroatoms. The summed E-state index contributed by atoms with van der Waals surface area (Å²) >= 11 is 0. The van der Waals surface area contributed by atoms with Crippen LogP contribution in [0.5, 0.6) is 0 Å². The highest BCUT2D eigenvalue weighted by atomic mass is 16.4. The lowest BCUT2D eigenvalue weighted by atomic mass is 9.80. The van der Waals surface area contributed by atoms with Gasteiger partial charge in [-0.1, -0.05) is 0 Å². The molecule has 0 aromatic carbocycles. The van der Waals surface area contributed by atoms with E-state index in [1.54, 1.807) is 6.92 Å². The summed E-state index contributed by atoms with van der Waals surface area (Å²) in [6, 6.07) is -0.524. The minimum Gasteiger partial charge on any atom is -0.426 e. The number of amides is 2. The van der Waals surface area contributed by atoms with Gasteiger partial charge in [0.25, 0.3) is 0 Å². The summed E-state index contributed by atoms with van der Waals surface area (Å²) in [6.45, 7) is 3.33. The fraction of sp³-hybridized carbons (Fsp3) is 0.750. The highest BCUT2D eigenvalue weighted by Crippen LogP contribution is 2.14. The smallest absolute Gasteiger partial charge is 0.426 e. The minimum atomic E-state index is -1.55. The van der Waals surface area contributed by atoms with Crippen molar-refractivity contribution in [2.75, 3.05) is 6.54 Å². The molecule has 0 aromatic heterocycles. The van der Waals surface area contributed by atoms with Crippen LogP contribution in [-0.2, 0) is 9.59 Å². The molecule has 0 bridgehead atoms. The molecule has 0 aromatic rings. The van der Waals surface area contributed by atoms with Crippen molar-refractivity contribution in [2.45, 2.75) is 32.3 Å². The van der Waals surface area contributed by atoms with E-state index in [1.807, 2.05) is 0 Å². The second kappa shape index (κ2) is 4.63. The van der Waals surface area contributed by atoms with Gasteiger partial charge >= 0.3 is 7.12 Å². The van der Waals surface area contributed by atoms with Crippen LogP contribution in [0, 0.1) is 0 Å². The molecule has 1 unspecified atom stereocenters. The first kappa shape index (κ1) is 12.0. The monoisotopic (exact) mass is 214 g/mol. The third kappa shape index (κ3) is 2.70. The van der Waals surface area contributed by atoms with Gasteiger partial charge in [0.15, 0.2) is 0 Å². The number of hydrogen-bond donors (Lipinski definition) is 3. The summed E-state index contributed by atoms with van der Waals surface area (Å²) in [5.74, 6) is -1.16. The van der Waals surface area contributed by atoms with Gasteiger partial charge in [-0.3, -0.25) is 9.59 Å². The molecule has 2 amide bonds. The van der Waals surface area contributed by atoms with Gasteiger partial charge in [-0.05, 0) is 13.3 Å². The molecule has 0 saturated carbocycles. The Morgan fingerprint density at radius 2 is 2.27 bits per heavy atom. The fourth-order valence-electron chi connectivity index (χ4n) is 1.65. The summed E-state index contributed by atoms with van der Waals surface area (Å²) in [4.78, 5) is 23.8. The van der Waals surface area contributed by atoms with Crippen LogP contribution in [0.4, 0.5) is 0 Å². The van der Waals surface area contributed by atoms with E-state index in [-0.39, 0.29) is 11.8 Å². The lowest BCUT2D eigenvalue weighted by molar-refractivity contribution is -0.132. The van der Waals surface area contributed by atoms with Gasteiger partial charge in [-0.2, -0.15) is 0 Å². The zero-order chi connectivity index (χ0) is 11.6. The molecular weight excluding hydrogens is 199 g/mol. The zero-order valence-corrected chi connectivity index (χ0v) is 8.80. The zero-order valence-electron chi connectivity index (χ0n) is 8.80. The van der Waals surface area contributed by atoms with E-state index in [4.69, 9.17) is 10.0 Å². The van der Waals surface area contributed by atoms with E-state index in [0.29, 0.717) is 13.0 Å². The van der Waals surface area contributed by atoms with Crippen molar-refractivity contribution in [1.29, 1.82) is 0 Å². The Bertz CT molecular complexity index is 271. The number of nitrogens with one attached hydrogen (secondary N) is 1. The maximum Gasteiger partial charge on any atom is 0.475 e. The van der Waals surface area contributed by atoms with Gasteiger partial charge in [0.1, 0.15) is 6.04 Å². The number of hydrogen-bond acceptors (Lipinski definition) is 4. The number of rotatable bonds is 3. The minimum absolute atomic E-state index is 0.257. The predicted octanol–water partition coefficient (Wildman–Crippen LogP) is -1.88. The standard InChI is InChI=1S/C8H15BN2O4/c1-5(9(14)15)11-4-3-7(8(11)13)10-6(2)12/h5,7,14-15H,3-4H2,1-2H3,(H,10,12)/t5-,7?/m0/s1. The Morgan fingerprint density at radius 1 is 1.67 bits per heavy atom. The van der Waals surface area contributed by atoms with Crippen molar-refractivity contribution < 1.29 is 19.6 Å². The molecule has 1 aliphatic heterocycles. The summed E-state index contributed by atoms with van der Waals surface area (Å²) in [5, 5.41) is 20.4. The van der Waals surface area contributed by atoms with Crippen molar-refractivity contribution in [1.82, 2.24) is 10.2 Å². The Labute approximate surface area is 88.4 Å². The largest absolute Gasteiger partial charge is 0.475 e. The Morgan fingerprint density at radius 3 is 2.73 bits per heavy atom. The van der Waals surface area contributed by atoms with E-state index in [9.17, 15) is 9.59 Å². The highest BCUT2D eigenvalue weighted by molar-refractivity contribution is 6.43. The SMILES string of the molecule is CC(=O)NC1CCN([C@@H](C)B(O)O)C1=O. The van der Waals surface area contributed by atoms with E-state index in [0.717, 1.165) is 0 Å². The molecule has 84 valence electrons. The number of carbonyl (C=O) groups excluding carboxylic acids is 2. The molecule has 3 N–H and O–H groups in total. The Kier molecular flexibility index (Phi) is 3.70. The molecule has 6 nitrogen and oxygen atoms in total. The average Bonchev–Trinajstić information content (AvgIpc) is 2.46. The molecule has 15 heavy (non-hydrogen) atoms. The van der Waals surface area contributed by atoms with E-state index < -0.39 is 19.1 Å². The van der Waals surface area contributed by atoms with Crippen molar-refractivity contribution in [3.05, 3.63) is 0 Å². The first-order valence-electron chi connectivity index (χ1n) is 4.87. The molecule has 0 aliphatic carbocycles. The second-order valence-electron chi connectivity index (χ2n) is 3.73. The second-order valence-corrected chi connectivity index (χ2v) is 3.73. The lowest BCUT2D eigenvalue weighted by Gasteiger charge is -2.23. The van der Waals surface area contributed by atoms with E-state index >= 15 is 0 Å². The maximum atomic E-state index is 11.7. The van der Waals surface area contributed by atoms with Crippen LogP contribution in [-0.4, -0.2) is 52.4 Å². The van der Waals surface area contributed by atoms with Gasteiger partial charge in [-0.25, -0.2) is 0 Å². The topological polar surface area (TPSA) is 89.9 Å². The van der Waals surface area contributed by atoms with Crippen molar-refractivity contribution in [2.24, 2.45) is 0 Å². The molecule has 1 saturated heterocycles. The van der Waals surface area contributed by atoms with Gasteiger partial charge in [0.2, 0.25) is 11.8 Å². The van der Waals surface area contributed by atoms with Crippen LogP contribution in [0.25, 0.3) is 0 Å². The molecule has 2 atom stereocenters. The Balaban J connectivity index is 2.59. The fourth-order valence-corrected chi connectivity index (χ4v) is 1.65. The molecule has 1 fully saturated rings. The predicted molar refractivity (Wildman–Crippen MR) is 53.6 cm³/mol. The number of likely N-dealkylation sites (tertiary alicyclic amines) is 1. The van der Waals surface area contributed by atoms with Crippen LogP contribution in [0.3, 0.4) is 0 Å². The third-order valence-corrected chi connectivity index (χ3v) is 2.54. The van der Waals surface area contributed by atoms with Gasteiger partial charge in [0.05, 0.1) is 5.94 Å². The molecule has 0 spiro atoms. The summed E-state index contributed by atoms with van der Waals surface area (Å²) < 4.78 is 0. The van der Waals surface area contributed by atoms with Gasteiger partial charge in [0, 0.05) is 13.5 Å². The average molecular weight is 214 g/mol. The maximum absolute atomic E-state index is 11.7. The molecule has 1 aliphatic rings. The number of carbonyl (C=O) groups is 2. The van der Waals surface area contributed by atoms with Crippen molar-refractivity contribution in [3.63, 3.8) is 0 Å². The Hall–Kier alpha value is -1.08. The first-order valence-corrected chi connectivity index (χ1v) is 4.87. The van der Waals surface area contributed by atoms with E-state index in [2.05, 4.69) is 5.32 Å². The van der Waals surface area contributed by atoms with Gasteiger partial charge in [-0.15, -0.1) is 0 Å². The molecule has 1 rings (SSSR count). The quantitative estimate of drug-likeness (QED) is 0.480. The summed E-state index contributed by atoms with van der Waals surface area (Å²) in [5.41, 5.74) is 0. The summed E-state index contributed by atoms with van der Waals surface area (Å²) in [7, 11) is -1.55. The highest BCUT2D eigenvalue weighted by Gasteiger charge is 2.38. The van der Waals surface area contributed by atoms with Gasteiger partial charge < -0.3 is 20.3 Å². The molecule has 0 radical (unpaired) electrons.